The number of fused-ring (bicyclic) bond motifs is 16. The number of para-hydroxylation sites is 7. The lowest BCUT2D eigenvalue weighted by atomic mass is 9.33. The predicted molar refractivity (Wildman–Crippen MR) is 364 cm³/mol. The SMILES string of the molecule is Cc1ccc(-c2cccc(N3c4cc(-c5ccc(C)cc5)ccc4B4c5ccccc5N(c5ccccc5)c5cc(-n6c7ccccc7c7c8c(c9ccccc9n8-c8ccccc8)c8c(c9ccccc9n8-c8ccccc8)c76)cc3c54)c2)cc1. The molecule has 0 saturated heterocycles. The van der Waals surface area contributed by atoms with Gasteiger partial charge in [0.15, 0.2) is 0 Å². The second-order valence-electron chi connectivity index (χ2n) is 23.4. The molecule has 0 saturated carbocycles. The van der Waals surface area contributed by atoms with Crippen LogP contribution in [-0.4, -0.2) is 20.4 Å². The first-order chi connectivity index (χ1) is 42.5. The summed E-state index contributed by atoms with van der Waals surface area (Å²) < 4.78 is 7.71. The molecule has 0 spiro atoms. The van der Waals surface area contributed by atoms with E-state index in [2.05, 4.69) is 329 Å². The molecule has 0 fully saturated rings. The molecule has 0 aliphatic carbocycles. The van der Waals surface area contributed by atoms with Gasteiger partial charge in [0.2, 0.25) is 0 Å². The molecule has 0 atom stereocenters. The summed E-state index contributed by atoms with van der Waals surface area (Å²) in [6.07, 6.45) is 0. The van der Waals surface area contributed by atoms with E-state index in [1.807, 2.05) is 0 Å². The third kappa shape index (κ3) is 7.01. The minimum absolute atomic E-state index is 0.0845. The van der Waals surface area contributed by atoms with Gasteiger partial charge in [-0.3, -0.25) is 0 Å². The summed E-state index contributed by atoms with van der Waals surface area (Å²) in [4.78, 5) is 5.13. The number of hydrogen-bond acceptors (Lipinski definition) is 2. The van der Waals surface area contributed by atoms with E-state index in [0.717, 1.165) is 67.6 Å². The van der Waals surface area contributed by atoms with E-state index in [1.54, 1.807) is 0 Å². The Morgan fingerprint density at radius 1 is 0.256 bits per heavy atom. The summed E-state index contributed by atoms with van der Waals surface area (Å²) in [5.41, 5.74) is 28.1. The van der Waals surface area contributed by atoms with E-state index in [4.69, 9.17) is 0 Å². The van der Waals surface area contributed by atoms with Crippen molar-refractivity contribution in [1.82, 2.24) is 13.7 Å². The molecule has 3 aromatic heterocycles. The summed E-state index contributed by atoms with van der Waals surface area (Å²) in [7, 11) is 0. The van der Waals surface area contributed by atoms with Crippen LogP contribution in [0.15, 0.2) is 291 Å². The number of hydrogen-bond donors (Lipinski definition) is 0. The van der Waals surface area contributed by atoms with Crippen molar-refractivity contribution in [2.45, 2.75) is 13.8 Å². The smallest absolute Gasteiger partial charge is 0.252 e. The molecule has 86 heavy (non-hydrogen) atoms. The molecular weight excluding hydrogens is 1040 g/mol. The second kappa shape index (κ2) is 18.7. The molecule has 13 aromatic carbocycles. The Morgan fingerprint density at radius 3 is 1.17 bits per heavy atom. The van der Waals surface area contributed by atoms with Crippen LogP contribution in [0.4, 0.5) is 34.1 Å². The van der Waals surface area contributed by atoms with Crippen molar-refractivity contribution < 1.29 is 0 Å². The van der Waals surface area contributed by atoms with Crippen molar-refractivity contribution in [1.29, 1.82) is 0 Å². The molecule has 0 amide bonds. The maximum absolute atomic E-state index is 2.63. The lowest BCUT2D eigenvalue weighted by molar-refractivity contribution is 1.16. The van der Waals surface area contributed by atoms with Gasteiger partial charge in [0.1, 0.15) is 0 Å². The number of benzene rings is 13. The van der Waals surface area contributed by atoms with Crippen LogP contribution in [0.25, 0.3) is 105 Å². The van der Waals surface area contributed by atoms with E-state index >= 15 is 0 Å². The van der Waals surface area contributed by atoms with E-state index in [0.29, 0.717) is 0 Å². The standard InChI is InChI=1S/C80H54BN5/c1-51-37-41-53(42-38-51)55-21-20-28-60(47-55)83-71-48-56(54-43-39-52(2)40-44-54)45-46-66(71)81-65-32-15-19-36-70(65)82(57-22-6-3-7-23-57)72-49-61(50-73(83)77(72)81)86-69-35-18-14-31-64(69)76-79-74(62-29-12-16-33-67(62)84(79)58-24-8-4-9-25-58)78-75(80(76)86)63-30-13-17-34-68(63)85(78)59-26-10-5-11-27-59/h3-50H,1-2H3. The van der Waals surface area contributed by atoms with Crippen molar-refractivity contribution in [3.05, 3.63) is 302 Å². The second-order valence-corrected chi connectivity index (χ2v) is 23.4. The Labute approximate surface area is 498 Å². The minimum atomic E-state index is -0.0845. The molecule has 5 heterocycles. The Bertz CT molecular complexity index is 5360. The maximum atomic E-state index is 2.63. The highest BCUT2D eigenvalue weighted by Crippen LogP contribution is 2.52. The van der Waals surface area contributed by atoms with E-state index in [9.17, 15) is 0 Å². The van der Waals surface area contributed by atoms with Gasteiger partial charge in [-0.2, -0.15) is 0 Å². The van der Waals surface area contributed by atoms with Crippen molar-refractivity contribution in [3.8, 4) is 39.3 Å². The van der Waals surface area contributed by atoms with E-state index in [-0.39, 0.29) is 6.71 Å². The lowest BCUT2D eigenvalue weighted by Crippen LogP contribution is -2.61. The van der Waals surface area contributed by atoms with Crippen LogP contribution >= 0.6 is 0 Å². The zero-order valence-electron chi connectivity index (χ0n) is 47.5. The summed E-state index contributed by atoms with van der Waals surface area (Å²) >= 11 is 0. The van der Waals surface area contributed by atoms with Crippen molar-refractivity contribution in [2.75, 3.05) is 9.80 Å². The minimum Gasteiger partial charge on any atom is -0.311 e. The fourth-order valence-electron chi connectivity index (χ4n) is 14.8. The van der Waals surface area contributed by atoms with Crippen molar-refractivity contribution in [3.63, 3.8) is 0 Å². The van der Waals surface area contributed by atoms with Crippen LogP contribution in [0.5, 0.6) is 0 Å². The van der Waals surface area contributed by atoms with Crippen LogP contribution in [0, 0.1) is 13.8 Å². The summed E-state index contributed by atoms with van der Waals surface area (Å²) in [6, 6.07) is 109. The normalized spacial score (nSPS) is 12.7. The number of nitrogens with zero attached hydrogens (tertiary/aromatic N) is 5. The highest BCUT2D eigenvalue weighted by atomic mass is 15.2. The van der Waals surface area contributed by atoms with Crippen LogP contribution in [0.1, 0.15) is 11.1 Å². The zero-order valence-corrected chi connectivity index (χ0v) is 47.5. The van der Waals surface area contributed by atoms with Gasteiger partial charge in [-0.05, 0) is 143 Å². The Hall–Kier alpha value is -11.1. The molecule has 5 nitrogen and oxygen atoms in total. The van der Waals surface area contributed by atoms with Crippen LogP contribution < -0.4 is 26.2 Å². The highest BCUT2D eigenvalue weighted by molar-refractivity contribution is 7.00. The van der Waals surface area contributed by atoms with E-state index in [1.165, 1.54) is 98.8 Å². The zero-order chi connectivity index (χ0) is 56.7. The third-order valence-electron chi connectivity index (χ3n) is 18.5. The molecule has 18 rings (SSSR count). The summed E-state index contributed by atoms with van der Waals surface area (Å²) in [6.45, 7) is 4.24. The molecule has 2 aliphatic heterocycles. The van der Waals surface area contributed by atoms with Gasteiger partial charge in [-0.15, -0.1) is 0 Å². The average Bonchev–Trinajstić information content (AvgIpc) is 1.46. The first-order valence-electron chi connectivity index (χ1n) is 29.9. The molecule has 0 radical (unpaired) electrons. The number of rotatable bonds is 7. The number of aryl methyl sites for hydroxylation is 2. The predicted octanol–water partition coefficient (Wildman–Crippen LogP) is 19.0. The number of aromatic nitrogens is 3. The molecule has 6 heteroatoms. The van der Waals surface area contributed by atoms with Gasteiger partial charge in [0.25, 0.3) is 6.71 Å². The first-order valence-corrected chi connectivity index (χ1v) is 29.9. The monoisotopic (exact) mass is 1100 g/mol. The average molecular weight is 1100 g/mol. The Morgan fingerprint density at radius 2 is 0.651 bits per heavy atom. The van der Waals surface area contributed by atoms with Gasteiger partial charge in [-0.25, -0.2) is 0 Å². The summed E-state index contributed by atoms with van der Waals surface area (Å²) in [5.74, 6) is 0. The van der Waals surface area contributed by atoms with Gasteiger partial charge in [0, 0.05) is 77.8 Å². The molecule has 0 bridgehead atoms. The first kappa shape index (κ1) is 48.5. The maximum Gasteiger partial charge on any atom is 0.252 e. The van der Waals surface area contributed by atoms with Crippen molar-refractivity contribution >= 4 is 123 Å². The van der Waals surface area contributed by atoms with Crippen LogP contribution in [0.2, 0.25) is 0 Å². The molecule has 402 valence electrons. The lowest BCUT2D eigenvalue weighted by Gasteiger charge is -2.44. The van der Waals surface area contributed by atoms with Gasteiger partial charge < -0.3 is 23.5 Å². The Balaban J connectivity index is 1.04. The van der Waals surface area contributed by atoms with E-state index < -0.39 is 0 Å². The molecule has 2 aliphatic rings. The molecule has 0 N–H and O–H groups in total. The fraction of sp³-hybridized carbons (Fsp3) is 0.0250. The topological polar surface area (TPSA) is 21.3 Å². The molecular formula is C80H54BN5. The fourth-order valence-corrected chi connectivity index (χ4v) is 14.8. The number of anilines is 6. The molecule has 16 aromatic rings. The quantitative estimate of drug-likeness (QED) is 0.148. The van der Waals surface area contributed by atoms with Gasteiger partial charge in [0.05, 0.1) is 38.8 Å². The Kier molecular flexibility index (Phi) is 10.5. The van der Waals surface area contributed by atoms with Gasteiger partial charge >= 0.3 is 0 Å². The summed E-state index contributed by atoms with van der Waals surface area (Å²) in [5, 5.41) is 7.25. The van der Waals surface area contributed by atoms with Crippen LogP contribution in [-0.2, 0) is 0 Å². The van der Waals surface area contributed by atoms with Crippen molar-refractivity contribution in [2.24, 2.45) is 0 Å². The third-order valence-corrected chi connectivity index (χ3v) is 18.5. The highest BCUT2D eigenvalue weighted by Gasteiger charge is 2.44. The van der Waals surface area contributed by atoms with Gasteiger partial charge in [-0.1, -0.05) is 211 Å². The van der Waals surface area contributed by atoms with Crippen LogP contribution in [0.3, 0.4) is 0 Å². The molecule has 0 unspecified atom stereocenters. The largest absolute Gasteiger partial charge is 0.311 e.